The van der Waals surface area contributed by atoms with Gasteiger partial charge >= 0.3 is 0 Å². The summed E-state index contributed by atoms with van der Waals surface area (Å²) in [5.74, 6) is 6.35. The Labute approximate surface area is 179 Å². The third kappa shape index (κ3) is 3.83. The van der Waals surface area contributed by atoms with Crippen LogP contribution in [0.15, 0.2) is 53.6 Å². The van der Waals surface area contributed by atoms with Crippen LogP contribution in [0, 0.1) is 17.7 Å². The number of piperidine rings is 1. The number of hydrazone groups is 1. The summed E-state index contributed by atoms with van der Waals surface area (Å²) in [5.41, 5.74) is 8.98. The molecule has 30 heavy (non-hydrogen) atoms. The van der Waals surface area contributed by atoms with Gasteiger partial charge in [0.05, 0.1) is 0 Å². The summed E-state index contributed by atoms with van der Waals surface area (Å²) in [4.78, 5) is 2.60. The lowest BCUT2D eigenvalue weighted by Crippen LogP contribution is -2.57. The smallest absolute Gasteiger partial charge is 0.150 e. The van der Waals surface area contributed by atoms with E-state index >= 15 is 0 Å². The van der Waals surface area contributed by atoms with Crippen molar-refractivity contribution in [2.24, 2.45) is 28.5 Å². The zero-order valence-corrected chi connectivity index (χ0v) is 17.9. The zero-order valence-electron chi connectivity index (χ0n) is 17.9. The van der Waals surface area contributed by atoms with Crippen LogP contribution in [-0.4, -0.2) is 23.8 Å². The van der Waals surface area contributed by atoms with Crippen LogP contribution < -0.4 is 11.6 Å². The molecule has 1 aliphatic heterocycles. The fourth-order valence-electron chi connectivity index (χ4n) is 6.15. The number of hydrogen-bond acceptors (Lipinski definition) is 3. The maximum absolute atomic E-state index is 14.7. The van der Waals surface area contributed by atoms with E-state index in [0.717, 1.165) is 38.0 Å². The quantitative estimate of drug-likeness (QED) is 0.323. The summed E-state index contributed by atoms with van der Waals surface area (Å²) in [5, 5.41) is 3.61. The van der Waals surface area contributed by atoms with Crippen LogP contribution in [0.25, 0.3) is 0 Å². The van der Waals surface area contributed by atoms with E-state index in [1.54, 1.807) is 6.07 Å². The van der Waals surface area contributed by atoms with E-state index in [1.807, 2.05) is 6.07 Å². The van der Waals surface area contributed by atoms with Crippen LogP contribution in [0.5, 0.6) is 0 Å². The van der Waals surface area contributed by atoms with E-state index in [0.29, 0.717) is 17.4 Å². The second-order valence-electron chi connectivity index (χ2n) is 9.04. The van der Waals surface area contributed by atoms with Gasteiger partial charge in [-0.1, -0.05) is 50.1 Å². The Kier molecular flexibility index (Phi) is 6.09. The predicted octanol–water partition coefficient (Wildman–Crippen LogP) is 4.37. The molecule has 0 spiro atoms. The highest BCUT2D eigenvalue weighted by atomic mass is 19.1. The highest BCUT2D eigenvalue weighted by molar-refractivity contribution is 5.97. The van der Waals surface area contributed by atoms with Crippen LogP contribution in [0.1, 0.15) is 55.7 Å². The Bertz CT molecular complexity index is 881. The molecule has 2 bridgehead atoms. The number of likely N-dealkylation sites (tertiary alicyclic amines) is 1. The highest BCUT2D eigenvalue weighted by Crippen LogP contribution is 2.54. The van der Waals surface area contributed by atoms with Gasteiger partial charge in [-0.2, -0.15) is 5.10 Å². The molecule has 160 valence electrons. The second-order valence-corrected chi connectivity index (χ2v) is 9.04. The van der Waals surface area contributed by atoms with Gasteiger partial charge in [-0.15, -0.1) is 0 Å². The number of hydrogen-bond donors (Lipinski definition) is 2. The number of benzene rings is 2. The normalized spacial score (nSPS) is 27.2. The Balaban J connectivity index is 1.70. The molecule has 0 aromatic heterocycles. The lowest BCUT2D eigenvalue weighted by atomic mass is 9.53. The van der Waals surface area contributed by atoms with Crippen molar-refractivity contribution in [3.8, 4) is 0 Å². The first-order valence-electron chi connectivity index (χ1n) is 11.2. The summed E-state index contributed by atoms with van der Waals surface area (Å²) >= 11 is 0. The van der Waals surface area contributed by atoms with E-state index in [4.69, 9.17) is 11.6 Å². The maximum Gasteiger partial charge on any atom is 0.150 e. The molecule has 2 aliphatic rings. The standard InChI is InChI=1S/C25H33FN4/c1-2-11-25(22-12-19(24(27)29-28)13-23(26)14-22)20-9-6-10-21(25)17-30(16-20)15-18-7-4-3-5-8-18/h3-5,7-8,12-14,20-21H,2,6,9-11,15-17,28H2,1H3,(H2,27,29). The van der Waals surface area contributed by atoms with Crippen LogP contribution >= 0.6 is 0 Å². The molecule has 5 heteroatoms. The molecule has 0 amide bonds. The predicted molar refractivity (Wildman–Crippen MR) is 120 cm³/mol. The molecule has 1 saturated carbocycles. The second kappa shape index (κ2) is 8.76. The van der Waals surface area contributed by atoms with Crippen LogP contribution in [0.2, 0.25) is 0 Å². The third-order valence-corrected chi connectivity index (χ3v) is 7.30. The van der Waals surface area contributed by atoms with E-state index in [-0.39, 0.29) is 17.1 Å². The van der Waals surface area contributed by atoms with Gasteiger partial charge in [-0.3, -0.25) is 4.90 Å². The van der Waals surface area contributed by atoms with E-state index in [1.165, 1.54) is 30.9 Å². The zero-order chi connectivity index (χ0) is 21.1. The topological polar surface area (TPSA) is 67.6 Å². The Hall–Kier alpha value is -2.40. The molecule has 1 aliphatic carbocycles. The number of nitrogens with two attached hydrogens (primary N) is 2. The monoisotopic (exact) mass is 408 g/mol. The molecule has 4 N–H and O–H groups in total. The number of halogens is 1. The van der Waals surface area contributed by atoms with Crippen molar-refractivity contribution in [3.63, 3.8) is 0 Å². The van der Waals surface area contributed by atoms with Crippen molar-refractivity contribution in [1.82, 2.24) is 4.90 Å². The summed E-state index contributed by atoms with van der Waals surface area (Å²) in [6, 6.07) is 15.9. The van der Waals surface area contributed by atoms with Crippen molar-refractivity contribution in [1.29, 1.82) is 0 Å². The van der Waals surface area contributed by atoms with Crippen LogP contribution in [0.3, 0.4) is 0 Å². The summed E-state index contributed by atoms with van der Waals surface area (Å²) < 4.78 is 14.7. The van der Waals surface area contributed by atoms with Crippen molar-refractivity contribution >= 4 is 5.84 Å². The van der Waals surface area contributed by atoms with E-state index < -0.39 is 0 Å². The van der Waals surface area contributed by atoms with Gasteiger partial charge in [0.1, 0.15) is 11.7 Å². The molecule has 0 radical (unpaired) electrons. The van der Waals surface area contributed by atoms with Crippen LogP contribution in [0.4, 0.5) is 4.39 Å². The molecule has 2 unspecified atom stereocenters. The minimum atomic E-state index is -0.255. The third-order valence-electron chi connectivity index (χ3n) is 7.30. The first-order valence-corrected chi connectivity index (χ1v) is 11.2. The molecular weight excluding hydrogens is 375 g/mol. The van der Waals surface area contributed by atoms with Crippen molar-refractivity contribution in [3.05, 3.63) is 71.0 Å². The number of amidine groups is 1. The molecule has 1 saturated heterocycles. The van der Waals surface area contributed by atoms with Gasteiger partial charge < -0.3 is 11.6 Å². The number of rotatable bonds is 6. The molecule has 4 nitrogen and oxygen atoms in total. The van der Waals surface area contributed by atoms with Crippen molar-refractivity contribution < 1.29 is 4.39 Å². The molecule has 1 heterocycles. The van der Waals surface area contributed by atoms with Crippen molar-refractivity contribution in [2.45, 2.75) is 51.0 Å². The van der Waals surface area contributed by atoms with Crippen LogP contribution in [-0.2, 0) is 12.0 Å². The van der Waals surface area contributed by atoms with Gasteiger partial charge in [0.25, 0.3) is 0 Å². The minimum Gasteiger partial charge on any atom is -0.382 e. The lowest BCUT2D eigenvalue weighted by molar-refractivity contribution is -0.0151. The maximum atomic E-state index is 14.7. The lowest BCUT2D eigenvalue weighted by Gasteiger charge is -2.57. The van der Waals surface area contributed by atoms with E-state index in [9.17, 15) is 4.39 Å². The van der Waals surface area contributed by atoms with E-state index in [2.05, 4.69) is 47.3 Å². The summed E-state index contributed by atoms with van der Waals surface area (Å²) in [6.45, 7) is 5.33. The fraction of sp³-hybridized carbons (Fsp3) is 0.480. The Morgan fingerprint density at radius 1 is 1.13 bits per heavy atom. The fourth-order valence-corrected chi connectivity index (χ4v) is 6.15. The number of fused-ring (bicyclic) bond motifs is 2. The molecule has 2 fully saturated rings. The minimum absolute atomic E-state index is 0.00802. The van der Waals surface area contributed by atoms with Crippen molar-refractivity contribution in [2.75, 3.05) is 13.1 Å². The van der Waals surface area contributed by atoms with Gasteiger partial charge in [0.2, 0.25) is 0 Å². The first kappa shape index (κ1) is 20.9. The van der Waals surface area contributed by atoms with Gasteiger partial charge in [0, 0.05) is 30.6 Å². The van der Waals surface area contributed by atoms with Gasteiger partial charge in [0.15, 0.2) is 0 Å². The average Bonchev–Trinajstić information content (AvgIpc) is 2.74. The first-order chi connectivity index (χ1) is 14.6. The number of nitrogens with zero attached hydrogens (tertiary/aromatic N) is 2. The highest BCUT2D eigenvalue weighted by Gasteiger charge is 2.51. The molecule has 2 aromatic rings. The Morgan fingerprint density at radius 2 is 1.83 bits per heavy atom. The van der Waals surface area contributed by atoms with Gasteiger partial charge in [-0.25, -0.2) is 4.39 Å². The Morgan fingerprint density at radius 3 is 2.47 bits per heavy atom. The molecule has 4 rings (SSSR count). The largest absolute Gasteiger partial charge is 0.382 e. The SMILES string of the molecule is CCCC1(c2cc(F)cc(/C(N)=N/N)c2)C2CCCC1CN(Cc1ccccc1)C2. The van der Waals surface area contributed by atoms with Gasteiger partial charge in [-0.05, 0) is 60.4 Å². The molecule has 2 aromatic carbocycles. The average molecular weight is 409 g/mol. The summed E-state index contributed by atoms with van der Waals surface area (Å²) in [6.07, 6.45) is 5.79. The molecular formula is C25H33FN4. The summed E-state index contributed by atoms with van der Waals surface area (Å²) in [7, 11) is 0. The molecule has 2 atom stereocenters.